The Morgan fingerprint density at radius 3 is 2.38 bits per heavy atom. The molecule has 0 unspecified atom stereocenters. The van der Waals surface area contributed by atoms with Gasteiger partial charge in [-0.25, -0.2) is 0 Å². The molecule has 0 aromatic rings. The largest absolute Gasteiger partial charge is 0.396 e. The summed E-state index contributed by atoms with van der Waals surface area (Å²) in [5.41, 5.74) is 0. The Bertz CT molecular complexity index is 166. The Labute approximate surface area is 80.3 Å². The maximum absolute atomic E-state index is 8.92. The van der Waals surface area contributed by atoms with Crippen LogP contribution < -0.4 is 0 Å². The third-order valence-corrected chi connectivity index (χ3v) is 3.39. The third-order valence-electron chi connectivity index (χ3n) is 3.39. The van der Waals surface area contributed by atoms with Crippen molar-refractivity contribution in [3.05, 3.63) is 0 Å². The molecule has 3 nitrogen and oxygen atoms in total. The highest BCUT2D eigenvalue weighted by Gasteiger charge is 2.37. The molecule has 2 fully saturated rings. The molecule has 2 atom stereocenters. The van der Waals surface area contributed by atoms with Gasteiger partial charge in [-0.2, -0.15) is 0 Å². The van der Waals surface area contributed by atoms with Crippen molar-refractivity contribution in [2.24, 2.45) is 11.8 Å². The monoisotopic (exact) mass is 184 g/mol. The lowest BCUT2D eigenvalue weighted by Gasteiger charge is -2.32. The van der Waals surface area contributed by atoms with E-state index in [1.807, 2.05) is 0 Å². The molecule has 0 spiro atoms. The number of hydrogen-bond donors (Lipinski definition) is 1. The van der Waals surface area contributed by atoms with Gasteiger partial charge in [0.2, 0.25) is 0 Å². The fourth-order valence-corrected chi connectivity index (χ4v) is 2.12. The highest BCUT2D eigenvalue weighted by atomic mass is 16.3. The first kappa shape index (κ1) is 9.44. The van der Waals surface area contributed by atoms with Crippen LogP contribution in [0.3, 0.4) is 0 Å². The van der Waals surface area contributed by atoms with Gasteiger partial charge in [0, 0.05) is 39.3 Å². The fraction of sp³-hybridized carbons (Fsp3) is 1.00. The minimum atomic E-state index is 0.401. The molecule has 1 aliphatic heterocycles. The van der Waals surface area contributed by atoms with Crippen molar-refractivity contribution < 1.29 is 5.11 Å². The first-order valence-corrected chi connectivity index (χ1v) is 5.31. The maximum Gasteiger partial charge on any atom is 0.0462 e. The second kappa shape index (κ2) is 3.95. The summed E-state index contributed by atoms with van der Waals surface area (Å²) in [7, 11) is 2.19. The lowest BCUT2D eigenvalue weighted by molar-refractivity contribution is 0.145. The Hall–Kier alpha value is -0.120. The predicted octanol–water partition coefficient (Wildman–Crippen LogP) is -0.138. The highest BCUT2D eigenvalue weighted by Crippen LogP contribution is 2.38. The standard InChI is InChI=1S/C10H20N2O/c1-11-2-4-12(5-3-11)7-9-6-10(9)8-13/h9-10,13H,2-8H2,1H3/t9-,10+/m1/s1. The summed E-state index contributed by atoms with van der Waals surface area (Å²) < 4.78 is 0. The molecule has 76 valence electrons. The molecule has 1 N–H and O–H groups in total. The summed E-state index contributed by atoms with van der Waals surface area (Å²) in [6.07, 6.45) is 1.25. The van der Waals surface area contributed by atoms with E-state index in [1.54, 1.807) is 0 Å². The molecule has 1 saturated heterocycles. The zero-order valence-corrected chi connectivity index (χ0v) is 8.45. The van der Waals surface area contributed by atoms with Crippen LogP contribution in [0.2, 0.25) is 0 Å². The van der Waals surface area contributed by atoms with Crippen LogP contribution in [-0.4, -0.2) is 61.3 Å². The summed E-state index contributed by atoms with van der Waals surface area (Å²) >= 11 is 0. The summed E-state index contributed by atoms with van der Waals surface area (Å²) in [5.74, 6) is 1.42. The van der Waals surface area contributed by atoms with Crippen LogP contribution in [0.1, 0.15) is 6.42 Å². The Morgan fingerprint density at radius 1 is 1.15 bits per heavy atom. The lowest BCUT2D eigenvalue weighted by Crippen LogP contribution is -2.45. The van der Waals surface area contributed by atoms with E-state index in [9.17, 15) is 0 Å². The Kier molecular flexibility index (Phi) is 2.86. The molecule has 1 heterocycles. The molecule has 3 heteroatoms. The number of aliphatic hydroxyl groups excluding tert-OH is 1. The quantitative estimate of drug-likeness (QED) is 0.661. The van der Waals surface area contributed by atoms with Crippen molar-refractivity contribution in [3.63, 3.8) is 0 Å². The fourth-order valence-electron chi connectivity index (χ4n) is 2.12. The Balaban J connectivity index is 1.66. The number of hydrogen-bond acceptors (Lipinski definition) is 3. The number of rotatable bonds is 3. The van der Waals surface area contributed by atoms with E-state index in [1.165, 1.54) is 39.1 Å². The summed E-state index contributed by atoms with van der Waals surface area (Å²) in [5, 5.41) is 8.92. The molecule has 13 heavy (non-hydrogen) atoms. The van der Waals surface area contributed by atoms with E-state index >= 15 is 0 Å². The molecular formula is C10H20N2O. The first-order chi connectivity index (χ1) is 6.29. The predicted molar refractivity (Wildman–Crippen MR) is 52.6 cm³/mol. The van der Waals surface area contributed by atoms with Crippen LogP contribution in [0.15, 0.2) is 0 Å². The summed E-state index contributed by atoms with van der Waals surface area (Å²) in [6.45, 7) is 6.46. The van der Waals surface area contributed by atoms with Crippen molar-refractivity contribution in [3.8, 4) is 0 Å². The Morgan fingerprint density at radius 2 is 1.85 bits per heavy atom. The van der Waals surface area contributed by atoms with Gasteiger partial charge in [-0.1, -0.05) is 0 Å². The molecule has 1 aliphatic carbocycles. The zero-order valence-electron chi connectivity index (χ0n) is 8.45. The molecular weight excluding hydrogens is 164 g/mol. The van der Waals surface area contributed by atoms with Gasteiger partial charge in [0.1, 0.15) is 0 Å². The minimum Gasteiger partial charge on any atom is -0.396 e. The molecule has 0 aromatic carbocycles. The molecule has 2 aliphatic rings. The third kappa shape index (κ3) is 2.42. The van der Waals surface area contributed by atoms with Crippen molar-refractivity contribution in [2.45, 2.75) is 6.42 Å². The molecule has 0 bridgehead atoms. The number of aliphatic hydroxyl groups is 1. The van der Waals surface area contributed by atoms with Gasteiger partial charge < -0.3 is 14.9 Å². The van der Waals surface area contributed by atoms with Crippen molar-refractivity contribution >= 4 is 0 Å². The van der Waals surface area contributed by atoms with Crippen LogP contribution in [0.4, 0.5) is 0 Å². The lowest BCUT2D eigenvalue weighted by atomic mass is 10.2. The molecule has 1 saturated carbocycles. The van der Waals surface area contributed by atoms with Gasteiger partial charge >= 0.3 is 0 Å². The van der Waals surface area contributed by atoms with E-state index in [2.05, 4.69) is 16.8 Å². The van der Waals surface area contributed by atoms with Gasteiger partial charge in [0.25, 0.3) is 0 Å². The van der Waals surface area contributed by atoms with Gasteiger partial charge in [0.05, 0.1) is 0 Å². The second-order valence-corrected chi connectivity index (χ2v) is 4.54. The topological polar surface area (TPSA) is 26.7 Å². The number of nitrogens with zero attached hydrogens (tertiary/aromatic N) is 2. The average molecular weight is 184 g/mol. The molecule has 0 amide bonds. The molecule has 2 rings (SSSR count). The van der Waals surface area contributed by atoms with Gasteiger partial charge in [-0.3, -0.25) is 0 Å². The van der Waals surface area contributed by atoms with Crippen LogP contribution in [0, 0.1) is 11.8 Å². The van der Waals surface area contributed by atoms with Crippen LogP contribution >= 0.6 is 0 Å². The van der Waals surface area contributed by atoms with Crippen LogP contribution in [0.25, 0.3) is 0 Å². The summed E-state index contributed by atoms with van der Waals surface area (Å²) in [6, 6.07) is 0. The van der Waals surface area contributed by atoms with E-state index in [0.717, 1.165) is 5.92 Å². The van der Waals surface area contributed by atoms with Crippen LogP contribution in [-0.2, 0) is 0 Å². The van der Waals surface area contributed by atoms with Gasteiger partial charge in [-0.15, -0.1) is 0 Å². The highest BCUT2D eigenvalue weighted by molar-refractivity contribution is 4.88. The van der Waals surface area contributed by atoms with E-state index < -0.39 is 0 Å². The first-order valence-electron chi connectivity index (χ1n) is 5.31. The molecule has 0 radical (unpaired) electrons. The zero-order chi connectivity index (χ0) is 9.26. The van der Waals surface area contributed by atoms with Crippen molar-refractivity contribution in [2.75, 3.05) is 46.4 Å². The second-order valence-electron chi connectivity index (χ2n) is 4.54. The smallest absolute Gasteiger partial charge is 0.0462 e. The SMILES string of the molecule is CN1CCN(C[C@H]2C[C@H]2CO)CC1. The van der Waals surface area contributed by atoms with Gasteiger partial charge in [-0.05, 0) is 25.3 Å². The minimum absolute atomic E-state index is 0.401. The average Bonchev–Trinajstić information content (AvgIpc) is 2.88. The summed E-state index contributed by atoms with van der Waals surface area (Å²) in [4.78, 5) is 4.92. The molecule has 0 aromatic heterocycles. The van der Waals surface area contributed by atoms with Crippen molar-refractivity contribution in [1.82, 2.24) is 9.80 Å². The number of likely N-dealkylation sites (N-methyl/N-ethyl adjacent to an activating group) is 1. The van der Waals surface area contributed by atoms with Crippen LogP contribution in [0.5, 0.6) is 0 Å². The number of piperazine rings is 1. The maximum atomic E-state index is 8.92. The van der Waals surface area contributed by atoms with Gasteiger partial charge in [0.15, 0.2) is 0 Å². The van der Waals surface area contributed by atoms with Crippen molar-refractivity contribution in [1.29, 1.82) is 0 Å². The normalized spacial score (nSPS) is 36.5. The van der Waals surface area contributed by atoms with E-state index in [4.69, 9.17) is 5.11 Å². The van der Waals surface area contributed by atoms with E-state index in [-0.39, 0.29) is 0 Å². The van der Waals surface area contributed by atoms with E-state index in [0.29, 0.717) is 12.5 Å².